The van der Waals surface area contributed by atoms with Crippen LogP contribution in [0.5, 0.6) is 0 Å². The van der Waals surface area contributed by atoms with E-state index in [1.807, 2.05) is 30.3 Å². The smallest absolute Gasteiger partial charge is 0.385 e. The molecule has 0 aliphatic carbocycles. The summed E-state index contributed by atoms with van der Waals surface area (Å²) in [4.78, 5) is 4.56. The highest BCUT2D eigenvalue weighted by Gasteiger charge is 2.38. The first-order valence-corrected chi connectivity index (χ1v) is 13.1. The highest BCUT2D eigenvalue weighted by atomic mass is 35.5. The molecular weight excluding hydrogens is 520 g/mol. The Kier molecular flexibility index (Phi) is 8.87. The minimum Gasteiger partial charge on any atom is -0.385 e. The van der Waals surface area contributed by atoms with Crippen molar-refractivity contribution >= 4 is 23.2 Å². The third kappa shape index (κ3) is 7.06. The molecular formula is C29H31Cl2F3N2O. The Hall–Kier alpha value is -2.09. The molecule has 3 aromatic carbocycles. The summed E-state index contributed by atoms with van der Waals surface area (Å²) < 4.78 is 39.7. The van der Waals surface area contributed by atoms with Crippen molar-refractivity contribution in [1.82, 2.24) is 9.80 Å². The van der Waals surface area contributed by atoms with Gasteiger partial charge in [0.25, 0.3) is 0 Å². The Morgan fingerprint density at radius 1 is 0.946 bits per heavy atom. The van der Waals surface area contributed by atoms with Crippen LogP contribution in [0.25, 0.3) is 0 Å². The second-order valence-electron chi connectivity index (χ2n) is 9.85. The molecule has 1 N–H and O–H groups in total. The minimum atomic E-state index is -4.45. The summed E-state index contributed by atoms with van der Waals surface area (Å²) in [7, 11) is 2.08. The van der Waals surface area contributed by atoms with Gasteiger partial charge in [0.15, 0.2) is 0 Å². The number of piperidine rings is 1. The SMILES string of the molecule is CN(CCC(c1ccc(Cl)c(Cl)c1)N1CCC(O)(c2cccc(C(F)(F)F)c2)CC1)Cc1ccccc1. The van der Waals surface area contributed by atoms with Gasteiger partial charge in [0.1, 0.15) is 0 Å². The number of rotatable bonds is 8. The number of halogens is 5. The Bertz CT molecular complexity index is 1180. The molecule has 0 spiro atoms. The van der Waals surface area contributed by atoms with Gasteiger partial charge < -0.3 is 10.0 Å². The van der Waals surface area contributed by atoms with Gasteiger partial charge in [0.2, 0.25) is 0 Å². The molecule has 0 bridgehead atoms. The van der Waals surface area contributed by atoms with E-state index in [0.29, 0.717) is 41.5 Å². The summed E-state index contributed by atoms with van der Waals surface area (Å²) >= 11 is 12.5. The van der Waals surface area contributed by atoms with E-state index in [2.05, 4.69) is 29.0 Å². The lowest BCUT2D eigenvalue weighted by atomic mass is 9.82. The fourth-order valence-electron chi connectivity index (χ4n) is 5.08. The largest absolute Gasteiger partial charge is 0.416 e. The molecule has 3 aromatic rings. The Morgan fingerprint density at radius 3 is 2.30 bits per heavy atom. The zero-order valence-corrected chi connectivity index (χ0v) is 22.2. The number of hydrogen-bond donors (Lipinski definition) is 1. The number of nitrogens with zero attached hydrogens (tertiary/aromatic N) is 2. The molecule has 1 heterocycles. The van der Waals surface area contributed by atoms with E-state index in [4.69, 9.17) is 23.2 Å². The molecule has 37 heavy (non-hydrogen) atoms. The van der Waals surface area contributed by atoms with Crippen molar-refractivity contribution in [2.75, 3.05) is 26.7 Å². The van der Waals surface area contributed by atoms with Crippen molar-refractivity contribution in [2.45, 2.75) is 43.6 Å². The third-order valence-corrected chi connectivity index (χ3v) is 7.94. The summed E-state index contributed by atoms with van der Waals surface area (Å²) in [5.74, 6) is 0. The lowest BCUT2D eigenvalue weighted by Crippen LogP contribution is -2.44. The fourth-order valence-corrected chi connectivity index (χ4v) is 5.38. The van der Waals surface area contributed by atoms with Gasteiger partial charge in [-0.15, -0.1) is 0 Å². The predicted octanol–water partition coefficient (Wildman–Crippen LogP) is 7.56. The molecule has 1 unspecified atom stereocenters. The summed E-state index contributed by atoms with van der Waals surface area (Å²) in [6.45, 7) is 2.73. The van der Waals surface area contributed by atoms with Crippen LogP contribution < -0.4 is 0 Å². The monoisotopic (exact) mass is 550 g/mol. The van der Waals surface area contributed by atoms with Crippen molar-refractivity contribution in [3.63, 3.8) is 0 Å². The number of aliphatic hydroxyl groups is 1. The van der Waals surface area contributed by atoms with Crippen LogP contribution in [-0.2, 0) is 18.3 Å². The molecule has 4 rings (SSSR count). The second kappa shape index (κ2) is 11.7. The normalized spacial score (nSPS) is 17.2. The van der Waals surface area contributed by atoms with Gasteiger partial charge in [-0.3, -0.25) is 4.90 Å². The first-order valence-electron chi connectivity index (χ1n) is 12.4. The predicted molar refractivity (Wildman–Crippen MR) is 143 cm³/mol. The van der Waals surface area contributed by atoms with E-state index in [9.17, 15) is 18.3 Å². The van der Waals surface area contributed by atoms with Crippen molar-refractivity contribution in [3.05, 3.63) is 105 Å². The average Bonchev–Trinajstić information content (AvgIpc) is 2.87. The molecule has 1 atom stereocenters. The third-order valence-electron chi connectivity index (χ3n) is 7.20. The van der Waals surface area contributed by atoms with Gasteiger partial charge >= 0.3 is 6.18 Å². The van der Waals surface area contributed by atoms with E-state index < -0.39 is 17.3 Å². The quantitative estimate of drug-likeness (QED) is 0.313. The number of benzene rings is 3. The topological polar surface area (TPSA) is 26.7 Å². The van der Waals surface area contributed by atoms with Gasteiger partial charge in [-0.25, -0.2) is 0 Å². The molecule has 1 aliphatic heterocycles. The van der Waals surface area contributed by atoms with Crippen LogP contribution in [0.15, 0.2) is 72.8 Å². The molecule has 0 aromatic heterocycles. The minimum absolute atomic E-state index is 0.0269. The van der Waals surface area contributed by atoms with Crippen molar-refractivity contribution in [1.29, 1.82) is 0 Å². The van der Waals surface area contributed by atoms with Crippen molar-refractivity contribution < 1.29 is 18.3 Å². The van der Waals surface area contributed by atoms with E-state index in [0.717, 1.165) is 37.2 Å². The van der Waals surface area contributed by atoms with Crippen LogP contribution in [0.4, 0.5) is 13.2 Å². The van der Waals surface area contributed by atoms with E-state index >= 15 is 0 Å². The molecule has 1 aliphatic rings. The Balaban J connectivity index is 1.49. The van der Waals surface area contributed by atoms with E-state index in [1.54, 1.807) is 12.1 Å². The van der Waals surface area contributed by atoms with Crippen LogP contribution in [-0.4, -0.2) is 41.6 Å². The number of hydrogen-bond acceptors (Lipinski definition) is 3. The lowest BCUT2D eigenvalue weighted by Gasteiger charge is -2.42. The van der Waals surface area contributed by atoms with Crippen LogP contribution in [0.3, 0.4) is 0 Å². The molecule has 0 amide bonds. The second-order valence-corrected chi connectivity index (χ2v) is 10.7. The van der Waals surface area contributed by atoms with E-state index in [-0.39, 0.29) is 6.04 Å². The van der Waals surface area contributed by atoms with Gasteiger partial charge in [0.05, 0.1) is 21.2 Å². The van der Waals surface area contributed by atoms with E-state index in [1.165, 1.54) is 11.6 Å². The Labute approximate surface area is 226 Å². The number of likely N-dealkylation sites (tertiary alicyclic amines) is 1. The van der Waals surface area contributed by atoms with Crippen LogP contribution in [0, 0.1) is 0 Å². The maximum Gasteiger partial charge on any atom is 0.416 e. The molecule has 1 fully saturated rings. The van der Waals surface area contributed by atoms with Gasteiger partial charge in [0, 0.05) is 25.7 Å². The van der Waals surface area contributed by atoms with Crippen molar-refractivity contribution in [3.8, 4) is 0 Å². The summed E-state index contributed by atoms with van der Waals surface area (Å²) in [6, 6.07) is 21.0. The zero-order chi connectivity index (χ0) is 26.6. The molecule has 0 saturated carbocycles. The number of alkyl halides is 3. The zero-order valence-electron chi connectivity index (χ0n) is 20.7. The van der Waals surface area contributed by atoms with Crippen LogP contribution >= 0.6 is 23.2 Å². The fraction of sp³-hybridized carbons (Fsp3) is 0.379. The summed E-state index contributed by atoms with van der Waals surface area (Å²) in [5.41, 5.74) is 0.545. The lowest BCUT2D eigenvalue weighted by molar-refractivity contribution is -0.137. The molecule has 1 saturated heterocycles. The van der Waals surface area contributed by atoms with Gasteiger partial charge in [-0.1, -0.05) is 71.7 Å². The highest BCUT2D eigenvalue weighted by molar-refractivity contribution is 6.42. The van der Waals surface area contributed by atoms with Crippen LogP contribution in [0.2, 0.25) is 10.0 Å². The first-order chi connectivity index (χ1) is 17.5. The van der Waals surface area contributed by atoms with Gasteiger partial charge in [-0.05, 0) is 73.8 Å². The molecule has 8 heteroatoms. The molecule has 198 valence electrons. The maximum absolute atomic E-state index is 13.2. The Morgan fingerprint density at radius 2 is 1.65 bits per heavy atom. The summed E-state index contributed by atoms with van der Waals surface area (Å²) in [5, 5.41) is 12.3. The average molecular weight is 551 g/mol. The highest BCUT2D eigenvalue weighted by Crippen LogP contribution is 2.40. The molecule has 3 nitrogen and oxygen atoms in total. The van der Waals surface area contributed by atoms with Gasteiger partial charge in [-0.2, -0.15) is 13.2 Å². The van der Waals surface area contributed by atoms with Crippen molar-refractivity contribution in [2.24, 2.45) is 0 Å². The maximum atomic E-state index is 13.2. The standard InChI is InChI=1S/C29H31Cl2F3N2O/c1-35(20-21-6-3-2-4-7-21)15-12-27(22-10-11-25(30)26(31)18-22)36-16-13-28(37,14-17-36)23-8-5-9-24(19-23)29(32,33)34/h2-11,18-19,27,37H,12-17,20H2,1H3. The first kappa shape index (κ1) is 27.9. The van der Waals surface area contributed by atoms with Crippen LogP contribution in [0.1, 0.15) is 47.6 Å². The molecule has 0 radical (unpaired) electrons. The summed E-state index contributed by atoms with van der Waals surface area (Å²) in [6.07, 6.45) is -2.95.